The van der Waals surface area contributed by atoms with Gasteiger partial charge in [0.05, 0.1) is 6.10 Å². The third-order valence-electron chi connectivity index (χ3n) is 2.73. The van der Waals surface area contributed by atoms with Gasteiger partial charge in [0, 0.05) is 24.1 Å². The molecule has 0 spiro atoms. The van der Waals surface area contributed by atoms with Crippen LogP contribution in [0.3, 0.4) is 0 Å². The van der Waals surface area contributed by atoms with Gasteiger partial charge in [0.1, 0.15) is 0 Å². The quantitative estimate of drug-likeness (QED) is 0.823. The average molecular weight is 211 g/mol. The Morgan fingerprint density at radius 3 is 3.21 bits per heavy atom. The Hall–Kier alpha value is -0.380. The van der Waals surface area contributed by atoms with Gasteiger partial charge in [-0.05, 0) is 31.2 Å². The molecule has 1 aromatic heterocycles. The van der Waals surface area contributed by atoms with E-state index in [2.05, 4.69) is 29.8 Å². The fourth-order valence-corrected chi connectivity index (χ4v) is 2.54. The van der Waals surface area contributed by atoms with Crippen LogP contribution in [-0.4, -0.2) is 25.3 Å². The molecule has 78 valence electrons. The molecular weight excluding hydrogens is 194 g/mol. The van der Waals surface area contributed by atoms with Gasteiger partial charge in [0.25, 0.3) is 0 Å². The van der Waals surface area contributed by atoms with Crippen LogP contribution in [0, 0.1) is 0 Å². The molecule has 2 atom stereocenters. The molecule has 0 radical (unpaired) electrons. The van der Waals surface area contributed by atoms with Crippen molar-refractivity contribution in [3.8, 4) is 0 Å². The third kappa shape index (κ3) is 2.56. The second kappa shape index (κ2) is 4.91. The fraction of sp³-hybridized carbons (Fsp3) is 0.636. The van der Waals surface area contributed by atoms with E-state index >= 15 is 0 Å². The predicted octanol–water partition coefficient (Wildman–Crippen LogP) is 2.06. The summed E-state index contributed by atoms with van der Waals surface area (Å²) in [6, 6.07) is 4.87. The van der Waals surface area contributed by atoms with E-state index in [1.807, 2.05) is 11.3 Å². The molecule has 1 N–H and O–H groups in total. The first-order valence-corrected chi connectivity index (χ1v) is 6.11. The van der Waals surface area contributed by atoms with Crippen molar-refractivity contribution in [2.24, 2.45) is 0 Å². The maximum absolute atomic E-state index is 5.49. The highest BCUT2D eigenvalue weighted by Gasteiger charge is 2.22. The van der Waals surface area contributed by atoms with E-state index in [-0.39, 0.29) is 0 Å². The topological polar surface area (TPSA) is 21.3 Å². The van der Waals surface area contributed by atoms with Crippen LogP contribution >= 0.6 is 11.3 Å². The van der Waals surface area contributed by atoms with E-state index in [1.165, 1.54) is 4.88 Å². The summed E-state index contributed by atoms with van der Waals surface area (Å²) < 4.78 is 5.49. The van der Waals surface area contributed by atoms with Crippen LogP contribution in [0.1, 0.15) is 18.2 Å². The van der Waals surface area contributed by atoms with Gasteiger partial charge in [-0.15, -0.1) is 11.3 Å². The van der Waals surface area contributed by atoms with Gasteiger partial charge in [-0.2, -0.15) is 0 Å². The molecule has 1 aliphatic heterocycles. The lowest BCUT2D eigenvalue weighted by Crippen LogP contribution is -2.35. The number of hydrogen-bond donors (Lipinski definition) is 1. The largest absolute Gasteiger partial charge is 0.377 e. The van der Waals surface area contributed by atoms with Crippen LogP contribution < -0.4 is 5.32 Å². The SMILES string of the molecule is C[C@@H]1OCC[C@H]1NCCc1cccs1. The Labute approximate surface area is 89.3 Å². The zero-order chi connectivity index (χ0) is 9.80. The van der Waals surface area contributed by atoms with Crippen LogP contribution in [0.15, 0.2) is 17.5 Å². The maximum atomic E-state index is 5.49. The fourth-order valence-electron chi connectivity index (χ4n) is 1.84. The Balaban J connectivity index is 1.68. The predicted molar refractivity (Wildman–Crippen MR) is 59.8 cm³/mol. The van der Waals surface area contributed by atoms with Gasteiger partial charge in [0.15, 0.2) is 0 Å². The number of hydrogen-bond acceptors (Lipinski definition) is 3. The van der Waals surface area contributed by atoms with Gasteiger partial charge >= 0.3 is 0 Å². The smallest absolute Gasteiger partial charge is 0.0700 e. The maximum Gasteiger partial charge on any atom is 0.0700 e. The Morgan fingerprint density at radius 1 is 1.64 bits per heavy atom. The second-order valence-electron chi connectivity index (χ2n) is 3.75. The summed E-state index contributed by atoms with van der Waals surface area (Å²) in [6.45, 7) is 4.13. The van der Waals surface area contributed by atoms with Crippen LogP contribution in [0.5, 0.6) is 0 Å². The van der Waals surface area contributed by atoms with Crippen molar-refractivity contribution in [2.75, 3.05) is 13.2 Å². The van der Waals surface area contributed by atoms with Crippen LogP contribution in [0.25, 0.3) is 0 Å². The Kier molecular flexibility index (Phi) is 3.56. The highest BCUT2D eigenvalue weighted by molar-refractivity contribution is 7.09. The normalized spacial score (nSPS) is 26.9. The summed E-state index contributed by atoms with van der Waals surface area (Å²) in [5, 5.41) is 5.69. The summed E-state index contributed by atoms with van der Waals surface area (Å²) in [7, 11) is 0. The Bertz CT molecular complexity index is 260. The molecule has 1 fully saturated rings. The summed E-state index contributed by atoms with van der Waals surface area (Å²) in [5.74, 6) is 0. The molecule has 0 aliphatic carbocycles. The lowest BCUT2D eigenvalue weighted by Gasteiger charge is -2.15. The minimum absolute atomic E-state index is 0.387. The second-order valence-corrected chi connectivity index (χ2v) is 4.79. The molecular formula is C11H17NOS. The van der Waals surface area contributed by atoms with Gasteiger partial charge in [-0.25, -0.2) is 0 Å². The van der Waals surface area contributed by atoms with E-state index < -0.39 is 0 Å². The first kappa shape index (κ1) is 10.1. The van der Waals surface area contributed by atoms with E-state index in [0.29, 0.717) is 12.1 Å². The number of rotatable bonds is 4. The molecule has 0 aromatic carbocycles. The van der Waals surface area contributed by atoms with Crippen LogP contribution in [-0.2, 0) is 11.2 Å². The third-order valence-corrected chi connectivity index (χ3v) is 3.67. The molecule has 2 nitrogen and oxygen atoms in total. The highest BCUT2D eigenvalue weighted by Crippen LogP contribution is 2.13. The summed E-state index contributed by atoms with van der Waals surface area (Å²) >= 11 is 1.83. The van der Waals surface area contributed by atoms with Gasteiger partial charge < -0.3 is 10.1 Å². The molecule has 3 heteroatoms. The Morgan fingerprint density at radius 2 is 2.57 bits per heavy atom. The lowest BCUT2D eigenvalue weighted by atomic mass is 10.1. The molecule has 0 amide bonds. The molecule has 1 saturated heterocycles. The van der Waals surface area contributed by atoms with E-state index in [1.54, 1.807) is 0 Å². The molecule has 14 heavy (non-hydrogen) atoms. The van der Waals surface area contributed by atoms with Crippen molar-refractivity contribution in [1.82, 2.24) is 5.32 Å². The van der Waals surface area contributed by atoms with Crippen molar-refractivity contribution in [1.29, 1.82) is 0 Å². The van der Waals surface area contributed by atoms with Crippen LogP contribution in [0.4, 0.5) is 0 Å². The van der Waals surface area contributed by atoms with Gasteiger partial charge in [-0.3, -0.25) is 0 Å². The van der Waals surface area contributed by atoms with E-state index in [4.69, 9.17) is 4.74 Å². The molecule has 2 heterocycles. The highest BCUT2D eigenvalue weighted by atomic mass is 32.1. The molecule has 1 aliphatic rings. The lowest BCUT2D eigenvalue weighted by molar-refractivity contribution is 0.113. The molecule has 0 saturated carbocycles. The molecule has 0 bridgehead atoms. The number of thiophene rings is 1. The minimum Gasteiger partial charge on any atom is -0.377 e. The summed E-state index contributed by atoms with van der Waals surface area (Å²) in [5.41, 5.74) is 0. The van der Waals surface area contributed by atoms with Crippen LogP contribution in [0.2, 0.25) is 0 Å². The first-order chi connectivity index (χ1) is 6.86. The summed E-state index contributed by atoms with van der Waals surface area (Å²) in [4.78, 5) is 1.46. The summed E-state index contributed by atoms with van der Waals surface area (Å²) in [6.07, 6.45) is 2.69. The van der Waals surface area contributed by atoms with E-state index in [0.717, 1.165) is 26.0 Å². The standard InChI is InChI=1S/C11H17NOS/c1-9-11(5-7-13-9)12-6-4-10-3-2-8-14-10/h2-3,8-9,11-12H,4-7H2,1H3/t9-,11+/m0/s1. The zero-order valence-electron chi connectivity index (χ0n) is 8.53. The van der Waals surface area contributed by atoms with Crippen molar-refractivity contribution in [2.45, 2.75) is 31.9 Å². The van der Waals surface area contributed by atoms with E-state index in [9.17, 15) is 0 Å². The first-order valence-electron chi connectivity index (χ1n) is 5.23. The number of ether oxygens (including phenoxy) is 1. The van der Waals surface area contributed by atoms with Gasteiger partial charge in [0.2, 0.25) is 0 Å². The minimum atomic E-state index is 0.387. The van der Waals surface area contributed by atoms with Crippen molar-refractivity contribution >= 4 is 11.3 Å². The van der Waals surface area contributed by atoms with Crippen molar-refractivity contribution in [3.63, 3.8) is 0 Å². The molecule has 1 aromatic rings. The monoisotopic (exact) mass is 211 g/mol. The van der Waals surface area contributed by atoms with Crippen molar-refractivity contribution < 1.29 is 4.74 Å². The molecule has 0 unspecified atom stereocenters. The average Bonchev–Trinajstić information content (AvgIpc) is 2.78. The molecule has 2 rings (SSSR count). The zero-order valence-corrected chi connectivity index (χ0v) is 9.35. The van der Waals surface area contributed by atoms with Gasteiger partial charge in [-0.1, -0.05) is 6.07 Å². The van der Waals surface area contributed by atoms with Crippen molar-refractivity contribution in [3.05, 3.63) is 22.4 Å². The number of nitrogens with one attached hydrogen (secondary N) is 1.